The number of aryl methyl sites for hydroxylation is 1. The molecule has 1 fully saturated rings. The highest BCUT2D eigenvalue weighted by molar-refractivity contribution is 7.89. The molecule has 2 heterocycles. The second kappa shape index (κ2) is 8.25. The van der Waals surface area contributed by atoms with Crippen LogP contribution in [0.3, 0.4) is 0 Å². The van der Waals surface area contributed by atoms with Gasteiger partial charge in [-0.3, -0.25) is 4.79 Å². The molecule has 9 heteroatoms. The van der Waals surface area contributed by atoms with Crippen LogP contribution in [-0.2, 0) is 14.8 Å². The molecule has 4 rings (SSSR count). The Bertz CT molecular complexity index is 1160. The number of anilines is 1. The molecule has 1 aliphatic rings. The molecule has 0 aliphatic carbocycles. The van der Waals surface area contributed by atoms with Crippen LogP contribution in [0.4, 0.5) is 10.1 Å². The van der Waals surface area contributed by atoms with Crippen molar-refractivity contribution in [3.05, 3.63) is 64.7 Å². The van der Waals surface area contributed by atoms with Crippen LogP contribution in [0.25, 0.3) is 11.3 Å². The summed E-state index contributed by atoms with van der Waals surface area (Å²) in [5.41, 5.74) is 2.41. The molecule has 1 N–H and O–H groups in total. The lowest BCUT2D eigenvalue weighted by atomic mass is 10.1. The molecule has 6 nitrogen and oxygen atoms in total. The van der Waals surface area contributed by atoms with E-state index in [9.17, 15) is 17.6 Å². The van der Waals surface area contributed by atoms with E-state index in [1.165, 1.54) is 16.4 Å². The number of aromatic nitrogens is 1. The first kappa shape index (κ1) is 20.6. The number of nitrogens with one attached hydrogen (secondary N) is 1. The monoisotopic (exact) mass is 445 g/mol. The van der Waals surface area contributed by atoms with Crippen LogP contribution in [0.5, 0.6) is 0 Å². The van der Waals surface area contributed by atoms with E-state index in [0.717, 1.165) is 28.4 Å². The van der Waals surface area contributed by atoms with E-state index in [1.807, 2.05) is 24.4 Å². The number of thiazole rings is 1. The van der Waals surface area contributed by atoms with E-state index in [2.05, 4.69) is 10.3 Å². The molecule has 3 aromatic rings. The average Bonchev–Trinajstić information content (AvgIpc) is 3.38. The van der Waals surface area contributed by atoms with Gasteiger partial charge in [-0.2, -0.15) is 4.31 Å². The van der Waals surface area contributed by atoms with Crippen LogP contribution in [0.15, 0.2) is 58.8 Å². The summed E-state index contributed by atoms with van der Waals surface area (Å²) in [6.45, 7) is 2.19. The fraction of sp³-hybridized carbons (Fsp3) is 0.238. The van der Waals surface area contributed by atoms with E-state index in [1.54, 1.807) is 23.5 Å². The van der Waals surface area contributed by atoms with Crippen molar-refractivity contribution in [3.8, 4) is 11.3 Å². The highest BCUT2D eigenvalue weighted by atomic mass is 32.2. The number of sulfonamides is 1. The number of nitrogens with zero attached hydrogens (tertiary/aromatic N) is 2. The van der Waals surface area contributed by atoms with Gasteiger partial charge >= 0.3 is 0 Å². The maximum atomic E-state index is 13.2. The number of amides is 1. The molecule has 0 radical (unpaired) electrons. The van der Waals surface area contributed by atoms with Gasteiger partial charge < -0.3 is 5.32 Å². The second-order valence-electron chi connectivity index (χ2n) is 7.05. The van der Waals surface area contributed by atoms with Crippen molar-refractivity contribution >= 4 is 33.0 Å². The van der Waals surface area contributed by atoms with Crippen molar-refractivity contribution in [2.24, 2.45) is 0 Å². The molecule has 1 aromatic heterocycles. The van der Waals surface area contributed by atoms with Gasteiger partial charge in [0.1, 0.15) is 11.9 Å². The minimum atomic E-state index is -3.88. The number of benzene rings is 2. The fourth-order valence-electron chi connectivity index (χ4n) is 3.48. The predicted molar refractivity (Wildman–Crippen MR) is 114 cm³/mol. The lowest BCUT2D eigenvalue weighted by Gasteiger charge is -2.23. The summed E-state index contributed by atoms with van der Waals surface area (Å²) in [6, 6.07) is 11.1. The first-order valence-electron chi connectivity index (χ1n) is 9.45. The molecule has 1 saturated heterocycles. The molecule has 2 aromatic carbocycles. The third-order valence-electron chi connectivity index (χ3n) is 4.99. The molecule has 1 aliphatic heterocycles. The highest BCUT2D eigenvalue weighted by Crippen LogP contribution is 2.28. The Hall–Kier alpha value is -2.62. The van der Waals surface area contributed by atoms with E-state index in [-0.39, 0.29) is 17.3 Å². The quantitative estimate of drug-likeness (QED) is 0.643. The lowest BCUT2D eigenvalue weighted by Crippen LogP contribution is -2.43. The Morgan fingerprint density at radius 3 is 2.50 bits per heavy atom. The van der Waals surface area contributed by atoms with Gasteiger partial charge in [-0.25, -0.2) is 17.8 Å². The fourth-order valence-corrected chi connectivity index (χ4v) is 5.76. The number of rotatable bonds is 5. The minimum absolute atomic E-state index is 0.0218. The normalized spacial score (nSPS) is 17.2. The smallest absolute Gasteiger partial charge is 0.243 e. The van der Waals surface area contributed by atoms with Crippen molar-refractivity contribution in [1.29, 1.82) is 0 Å². The molecule has 156 valence electrons. The summed E-state index contributed by atoms with van der Waals surface area (Å²) < 4.78 is 40.2. The van der Waals surface area contributed by atoms with Gasteiger partial charge in [0, 0.05) is 23.2 Å². The lowest BCUT2D eigenvalue weighted by molar-refractivity contribution is -0.119. The topological polar surface area (TPSA) is 79.4 Å². The predicted octanol–water partition coefficient (Wildman–Crippen LogP) is 4.05. The van der Waals surface area contributed by atoms with Crippen molar-refractivity contribution < 1.29 is 17.6 Å². The summed E-state index contributed by atoms with van der Waals surface area (Å²) in [6.07, 6.45) is 1.02. The summed E-state index contributed by atoms with van der Waals surface area (Å²) in [5, 5.41) is 5.76. The third-order valence-corrected chi connectivity index (χ3v) is 7.69. The Morgan fingerprint density at radius 2 is 1.87 bits per heavy atom. The molecule has 0 spiro atoms. The Morgan fingerprint density at radius 1 is 1.17 bits per heavy atom. The van der Waals surface area contributed by atoms with E-state index < -0.39 is 21.9 Å². The van der Waals surface area contributed by atoms with Crippen LogP contribution in [0.1, 0.15) is 17.8 Å². The van der Waals surface area contributed by atoms with E-state index in [4.69, 9.17) is 0 Å². The number of carbonyl (C=O) groups is 1. The van der Waals surface area contributed by atoms with Gasteiger partial charge in [-0.15, -0.1) is 11.3 Å². The van der Waals surface area contributed by atoms with Gasteiger partial charge in [-0.1, -0.05) is 12.1 Å². The Kier molecular flexibility index (Phi) is 5.68. The number of carbonyl (C=O) groups excluding carboxylic acids is 1. The maximum Gasteiger partial charge on any atom is 0.243 e. The van der Waals surface area contributed by atoms with Crippen LogP contribution in [0.2, 0.25) is 0 Å². The van der Waals surface area contributed by atoms with Crippen molar-refractivity contribution in [3.63, 3.8) is 0 Å². The van der Waals surface area contributed by atoms with E-state index in [0.29, 0.717) is 18.5 Å². The van der Waals surface area contributed by atoms with Crippen molar-refractivity contribution in [2.75, 3.05) is 11.9 Å². The largest absolute Gasteiger partial charge is 0.325 e. The molecule has 1 amide bonds. The molecule has 0 unspecified atom stereocenters. The second-order valence-corrected chi connectivity index (χ2v) is 10.00. The highest BCUT2D eigenvalue weighted by Gasteiger charge is 2.39. The van der Waals surface area contributed by atoms with Crippen LogP contribution >= 0.6 is 11.3 Å². The average molecular weight is 446 g/mol. The Balaban J connectivity index is 1.49. The molecule has 0 saturated carbocycles. The zero-order valence-corrected chi connectivity index (χ0v) is 17.8. The first-order chi connectivity index (χ1) is 14.3. The Labute approximate surface area is 178 Å². The van der Waals surface area contributed by atoms with E-state index >= 15 is 0 Å². The van der Waals surface area contributed by atoms with Gasteiger partial charge in [0.15, 0.2) is 0 Å². The van der Waals surface area contributed by atoms with Gasteiger partial charge in [-0.05, 0) is 56.2 Å². The summed E-state index contributed by atoms with van der Waals surface area (Å²) in [7, 11) is -3.88. The van der Waals surface area contributed by atoms with Gasteiger partial charge in [0.2, 0.25) is 15.9 Å². The molecular formula is C21H20FN3O3S2. The molecule has 30 heavy (non-hydrogen) atoms. The summed E-state index contributed by atoms with van der Waals surface area (Å²) >= 11 is 1.57. The zero-order chi connectivity index (χ0) is 21.3. The van der Waals surface area contributed by atoms with Crippen LogP contribution in [0, 0.1) is 12.7 Å². The standard InChI is InChI=1S/C21H20FN3O3S2/c1-14-23-19(13-29-14)15-4-8-17(9-5-15)24-21(26)20-3-2-12-25(20)30(27,28)18-10-6-16(22)7-11-18/h4-11,13,20H,2-3,12H2,1H3,(H,24,26)/t20-/m1/s1. The zero-order valence-electron chi connectivity index (χ0n) is 16.2. The maximum absolute atomic E-state index is 13.2. The van der Waals surface area contributed by atoms with Gasteiger partial charge in [0.05, 0.1) is 15.6 Å². The van der Waals surface area contributed by atoms with Crippen LogP contribution < -0.4 is 5.32 Å². The number of hydrogen-bond acceptors (Lipinski definition) is 5. The van der Waals surface area contributed by atoms with Crippen molar-refractivity contribution in [1.82, 2.24) is 9.29 Å². The summed E-state index contributed by atoms with van der Waals surface area (Å²) in [4.78, 5) is 17.2. The number of halogens is 1. The van der Waals surface area contributed by atoms with Gasteiger partial charge in [0.25, 0.3) is 0 Å². The SMILES string of the molecule is Cc1nc(-c2ccc(NC(=O)[C@H]3CCCN3S(=O)(=O)c3ccc(F)cc3)cc2)cs1. The first-order valence-corrected chi connectivity index (χ1v) is 11.8. The summed E-state index contributed by atoms with van der Waals surface area (Å²) in [5.74, 6) is -0.892. The number of hydrogen-bond donors (Lipinski definition) is 1. The minimum Gasteiger partial charge on any atom is -0.325 e. The molecule has 0 bridgehead atoms. The molecule has 1 atom stereocenters. The molecular weight excluding hydrogens is 425 g/mol. The third kappa shape index (κ3) is 4.14. The van der Waals surface area contributed by atoms with Crippen LogP contribution in [-0.4, -0.2) is 36.2 Å². The van der Waals surface area contributed by atoms with Crippen molar-refractivity contribution in [2.45, 2.75) is 30.7 Å².